The summed E-state index contributed by atoms with van der Waals surface area (Å²) in [4.78, 5) is 24.6. The molecule has 0 spiro atoms. The average molecular weight is 451 g/mol. The van der Waals surface area contributed by atoms with Gasteiger partial charge in [0, 0.05) is 18.8 Å². The fraction of sp³-hybridized carbons (Fsp3) is 0.400. The molecule has 0 radical (unpaired) electrons. The summed E-state index contributed by atoms with van der Waals surface area (Å²) < 4.78 is 27.2. The van der Waals surface area contributed by atoms with Gasteiger partial charge in [0.05, 0.1) is 6.54 Å². The van der Waals surface area contributed by atoms with E-state index < -0.39 is 21.8 Å². The molecule has 30 heavy (non-hydrogen) atoms. The van der Waals surface area contributed by atoms with Crippen LogP contribution in [0.4, 0.5) is 5.69 Å². The van der Waals surface area contributed by atoms with Crippen LogP contribution in [0.1, 0.15) is 40.1 Å². The number of nitrogens with zero attached hydrogens (tertiary/aromatic N) is 1. The van der Waals surface area contributed by atoms with Gasteiger partial charge in [0.25, 0.3) is 11.8 Å². The number of aryl methyl sites for hydroxylation is 2. The van der Waals surface area contributed by atoms with Crippen LogP contribution in [0.3, 0.4) is 0 Å². The van der Waals surface area contributed by atoms with Crippen molar-refractivity contribution in [1.29, 1.82) is 0 Å². The van der Waals surface area contributed by atoms with E-state index in [1.807, 2.05) is 32.0 Å². The molecule has 3 rings (SSSR count). The second kappa shape index (κ2) is 9.59. The van der Waals surface area contributed by atoms with Crippen molar-refractivity contribution in [2.75, 3.05) is 25.0 Å². The highest BCUT2D eigenvalue weighted by Gasteiger charge is 2.31. The third-order valence-electron chi connectivity index (χ3n) is 4.90. The number of hydrazine groups is 1. The van der Waals surface area contributed by atoms with Crippen molar-refractivity contribution < 1.29 is 18.0 Å². The summed E-state index contributed by atoms with van der Waals surface area (Å²) in [5.74, 6) is -1.10. The number of anilines is 1. The van der Waals surface area contributed by atoms with Crippen molar-refractivity contribution in [2.24, 2.45) is 0 Å². The van der Waals surface area contributed by atoms with Gasteiger partial charge < -0.3 is 5.32 Å². The van der Waals surface area contributed by atoms with Crippen LogP contribution in [-0.4, -0.2) is 44.2 Å². The highest BCUT2D eigenvalue weighted by atomic mass is 32.2. The number of benzene rings is 1. The molecule has 1 saturated heterocycles. The van der Waals surface area contributed by atoms with E-state index in [1.54, 1.807) is 5.38 Å². The van der Waals surface area contributed by atoms with Gasteiger partial charge >= 0.3 is 0 Å². The quantitative estimate of drug-likeness (QED) is 0.586. The molecule has 0 bridgehead atoms. The number of amides is 2. The highest BCUT2D eigenvalue weighted by Crippen LogP contribution is 2.27. The lowest BCUT2D eigenvalue weighted by molar-refractivity contribution is -0.120. The minimum atomic E-state index is -3.73. The lowest BCUT2D eigenvalue weighted by atomic mass is 10.1. The first-order valence-corrected chi connectivity index (χ1v) is 12.1. The van der Waals surface area contributed by atoms with Gasteiger partial charge in [0.2, 0.25) is 10.0 Å². The standard InChI is InChI=1S/C20H26N4O4S2/c1-14-6-7-16(15(2)12-14)21-13-18(25)22-23-20(26)19-17(8-11-29-19)30(27,28)24-9-4-3-5-10-24/h6-8,11-12,21H,3-5,9-10,13H2,1-2H3,(H,22,25)(H,23,26). The summed E-state index contributed by atoms with van der Waals surface area (Å²) in [5.41, 5.74) is 7.60. The molecule has 1 aliphatic rings. The Kier molecular flexibility index (Phi) is 7.11. The van der Waals surface area contributed by atoms with Crippen molar-refractivity contribution in [3.8, 4) is 0 Å². The van der Waals surface area contributed by atoms with Crippen molar-refractivity contribution in [2.45, 2.75) is 38.0 Å². The van der Waals surface area contributed by atoms with Crippen molar-refractivity contribution in [1.82, 2.24) is 15.2 Å². The highest BCUT2D eigenvalue weighted by molar-refractivity contribution is 7.89. The Bertz CT molecular complexity index is 1030. The van der Waals surface area contributed by atoms with E-state index in [1.165, 1.54) is 10.4 Å². The molecule has 0 atom stereocenters. The van der Waals surface area contributed by atoms with Crippen molar-refractivity contribution in [3.63, 3.8) is 0 Å². The van der Waals surface area contributed by atoms with E-state index >= 15 is 0 Å². The zero-order chi connectivity index (χ0) is 21.7. The molecule has 10 heteroatoms. The number of thiophene rings is 1. The summed E-state index contributed by atoms with van der Waals surface area (Å²) in [5, 5.41) is 4.58. The normalized spacial score (nSPS) is 14.9. The van der Waals surface area contributed by atoms with Gasteiger partial charge in [-0.05, 0) is 49.8 Å². The minimum absolute atomic E-state index is 0.0189. The molecule has 8 nitrogen and oxygen atoms in total. The van der Waals surface area contributed by atoms with Crippen LogP contribution in [0.25, 0.3) is 0 Å². The zero-order valence-corrected chi connectivity index (χ0v) is 18.7. The molecule has 1 aromatic heterocycles. The summed E-state index contributed by atoms with van der Waals surface area (Å²) in [6, 6.07) is 7.27. The topological polar surface area (TPSA) is 108 Å². The van der Waals surface area contributed by atoms with Gasteiger partial charge in [0.1, 0.15) is 9.77 Å². The zero-order valence-electron chi connectivity index (χ0n) is 17.0. The van der Waals surface area contributed by atoms with Gasteiger partial charge in [-0.3, -0.25) is 20.4 Å². The van der Waals surface area contributed by atoms with Crippen LogP contribution >= 0.6 is 11.3 Å². The number of rotatable bonds is 6. The summed E-state index contributed by atoms with van der Waals surface area (Å²) in [6.07, 6.45) is 2.63. The average Bonchev–Trinajstić information content (AvgIpc) is 3.23. The van der Waals surface area contributed by atoms with E-state index in [9.17, 15) is 18.0 Å². The molecule has 0 unspecified atom stereocenters. The second-order valence-electron chi connectivity index (χ2n) is 7.25. The minimum Gasteiger partial charge on any atom is -0.376 e. The maximum atomic E-state index is 12.9. The van der Waals surface area contributed by atoms with E-state index in [0.717, 1.165) is 47.4 Å². The van der Waals surface area contributed by atoms with Gasteiger partial charge in [-0.15, -0.1) is 11.3 Å². The van der Waals surface area contributed by atoms with Crippen LogP contribution in [0.15, 0.2) is 34.5 Å². The number of sulfonamides is 1. The Morgan fingerprint density at radius 1 is 1.07 bits per heavy atom. The lowest BCUT2D eigenvalue weighted by Gasteiger charge is -2.25. The monoisotopic (exact) mass is 450 g/mol. The van der Waals surface area contributed by atoms with Gasteiger partial charge in [-0.1, -0.05) is 24.1 Å². The maximum Gasteiger partial charge on any atom is 0.281 e. The number of hydrogen-bond acceptors (Lipinski definition) is 6. The van der Waals surface area contributed by atoms with Gasteiger partial charge in [-0.25, -0.2) is 8.42 Å². The van der Waals surface area contributed by atoms with Crippen LogP contribution in [-0.2, 0) is 14.8 Å². The van der Waals surface area contributed by atoms with Gasteiger partial charge in [0.15, 0.2) is 0 Å². The lowest BCUT2D eigenvalue weighted by Crippen LogP contribution is -2.44. The molecule has 3 N–H and O–H groups in total. The van der Waals surface area contributed by atoms with Crippen LogP contribution in [0.5, 0.6) is 0 Å². The van der Waals surface area contributed by atoms with Crippen molar-refractivity contribution in [3.05, 3.63) is 45.6 Å². The fourth-order valence-corrected chi connectivity index (χ4v) is 6.14. The van der Waals surface area contributed by atoms with E-state index in [-0.39, 0.29) is 16.3 Å². The third-order valence-corrected chi connectivity index (χ3v) is 7.89. The second-order valence-corrected chi connectivity index (χ2v) is 10.1. The number of nitrogens with one attached hydrogen (secondary N) is 3. The number of carbonyl (C=O) groups excluding carboxylic acids is 2. The number of hydrogen-bond donors (Lipinski definition) is 3. The van der Waals surface area contributed by atoms with E-state index in [2.05, 4.69) is 16.2 Å². The van der Waals surface area contributed by atoms with Crippen LogP contribution < -0.4 is 16.2 Å². The predicted molar refractivity (Wildman–Crippen MR) is 117 cm³/mol. The fourth-order valence-electron chi connectivity index (χ4n) is 3.33. The SMILES string of the molecule is Cc1ccc(NCC(=O)NNC(=O)c2sccc2S(=O)(=O)N2CCCCC2)c(C)c1. The number of piperidine rings is 1. The summed E-state index contributed by atoms with van der Waals surface area (Å²) >= 11 is 1.03. The smallest absolute Gasteiger partial charge is 0.281 e. The van der Waals surface area contributed by atoms with Crippen LogP contribution in [0.2, 0.25) is 0 Å². The number of carbonyl (C=O) groups is 2. The maximum absolute atomic E-state index is 12.9. The molecule has 2 amide bonds. The van der Waals surface area contributed by atoms with E-state index in [0.29, 0.717) is 13.1 Å². The first kappa shape index (κ1) is 22.3. The Hall–Kier alpha value is -2.43. The van der Waals surface area contributed by atoms with Crippen LogP contribution in [0, 0.1) is 13.8 Å². The molecule has 162 valence electrons. The molecule has 1 aromatic carbocycles. The summed E-state index contributed by atoms with van der Waals surface area (Å²) in [7, 11) is -3.73. The molecule has 0 saturated carbocycles. The first-order valence-electron chi connectivity index (χ1n) is 9.77. The molecular formula is C20H26N4O4S2. The third kappa shape index (κ3) is 5.18. The summed E-state index contributed by atoms with van der Waals surface area (Å²) in [6.45, 7) is 4.81. The largest absolute Gasteiger partial charge is 0.376 e. The molecule has 1 fully saturated rings. The molecule has 0 aliphatic carbocycles. The Labute approximate surface area is 180 Å². The Balaban J connectivity index is 1.58. The molecular weight excluding hydrogens is 424 g/mol. The Morgan fingerprint density at radius 3 is 2.50 bits per heavy atom. The van der Waals surface area contributed by atoms with E-state index in [4.69, 9.17) is 0 Å². The Morgan fingerprint density at radius 2 is 1.80 bits per heavy atom. The van der Waals surface area contributed by atoms with Crippen molar-refractivity contribution >= 4 is 38.9 Å². The van der Waals surface area contributed by atoms with Gasteiger partial charge in [-0.2, -0.15) is 4.31 Å². The molecule has 1 aliphatic heterocycles. The molecule has 2 heterocycles. The molecule has 2 aromatic rings. The predicted octanol–water partition coefficient (Wildman–Crippen LogP) is 2.41. The first-order chi connectivity index (χ1) is 14.3.